The van der Waals surface area contributed by atoms with Gasteiger partial charge in [-0.1, -0.05) is 11.6 Å². The predicted octanol–water partition coefficient (Wildman–Crippen LogP) is 0.440. The van der Waals surface area contributed by atoms with Gasteiger partial charge in [0.25, 0.3) is 5.91 Å². The number of amides is 2. The molecule has 7 heteroatoms. The first kappa shape index (κ1) is 16.9. The van der Waals surface area contributed by atoms with Crippen molar-refractivity contribution >= 4 is 35.1 Å². The standard InChI is InChI=1S/C17H19ClN2O4/c1-24-17(23)11-6-8-19(9-7-11)14-10-15(21)20(16(14)22)13-4-2-12(18)3-5-13/h2-5,11,14H,6-10H2,1H3/p+1/t14-/m0/s1. The SMILES string of the molecule is COC(=O)C1CC[NH+]([C@H]2CC(=O)N(c3ccc(Cl)cc3)C2=O)CC1. The summed E-state index contributed by atoms with van der Waals surface area (Å²) in [5, 5.41) is 0.560. The predicted molar refractivity (Wildman–Crippen MR) is 87.8 cm³/mol. The van der Waals surface area contributed by atoms with Crippen LogP contribution in [0.4, 0.5) is 5.69 Å². The highest BCUT2D eigenvalue weighted by Gasteiger charge is 2.47. The number of nitrogens with zero attached hydrogens (tertiary/aromatic N) is 1. The second kappa shape index (κ2) is 6.91. The van der Waals surface area contributed by atoms with E-state index in [-0.39, 0.29) is 36.2 Å². The summed E-state index contributed by atoms with van der Waals surface area (Å²) in [6, 6.07) is 6.32. The molecule has 2 amide bonds. The Bertz CT molecular complexity index is 653. The number of benzene rings is 1. The molecule has 2 aliphatic rings. The summed E-state index contributed by atoms with van der Waals surface area (Å²) in [4.78, 5) is 39.0. The van der Waals surface area contributed by atoms with E-state index in [1.54, 1.807) is 24.3 Å². The first-order chi connectivity index (χ1) is 11.5. The molecule has 2 fully saturated rings. The smallest absolute Gasteiger partial charge is 0.309 e. The Labute approximate surface area is 145 Å². The second-order valence-electron chi connectivity index (χ2n) is 6.26. The Hall–Kier alpha value is -1.92. The number of ether oxygens (including phenoxy) is 1. The van der Waals surface area contributed by atoms with Crippen molar-refractivity contribution < 1.29 is 24.0 Å². The molecule has 3 rings (SSSR count). The van der Waals surface area contributed by atoms with E-state index in [1.165, 1.54) is 12.0 Å². The third-order valence-electron chi connectivity index (χ3n) is 4.89. The molecule has 1 aromatic rings. The molecule has 0 saturated carbocycles. The number of nitrogens with one attached hydrogen (secondary N) is 1. The lowest BCUT2D eigenvalue weighted by Crippen LogP contribution is -3.17. The zero-order chi connectivity index (χ0) is 17.3. The van der Waals surface area contributed by atoms with Gasteiger partial charge in [0.1, 0.15) is 0 Å². The van der Waals surface area contributed by atoms with Crippen molar-refractivity contribution in [3.05, 3.63) is 29.3 Å². The molecule has 0 bridgehead atoms. The molecule has 1 aromatic carbocycles. The largest absolute Gasteiger partial charge is 0.469 e. The van der Waals surface area contributed by atoms with E-state index >= 15 is 0 Å². The van der Waals surface area contributed by atoms with Crippen molar-refractivity contribution in [1.82, 2.24) is 0 Å². The van der Waals surface area contributed by atoms with Crippen LogP contribution in [-0.4, -0.2) is 44.0 Å². The number of piperidine rings is 1. The Balaban J connectivity index is 1.68. The van der Waals surface area contributed by atoms with Gasteiger partial charge in [0, 0.05) is 17.9 Å². The fourth-order valence-electron chi connectivity index (χ4n) is 3.55. The molecule has 2 heterocycles. The molecule has 0 unspecified atom stereocenters. The highest BCUT2D eigenvalue weighted by atomic mass is 35.5. The molecule has 0 aliphatic carbocycles. The van der Waals surface area contributed by atoms with Crippen LogP contribution in [0, 0.1) is 5.92 Å². The molecule has 6 nitrogen and oxygen atoms in total. The molecule has 24 heavy (non-hydrogen) atoms. The van der Waals surface area contributed by atoms with Crippen LogP contribution < -0.4 is 9.80 Å². The van der Waals surface area contributed by atoms with Crippen LogP contribution in [0.25, 0.3) is 0 Å². The minimum atomic E-state index is -0.369. The minimum absolute atomic E-state index is 0.0988. The summed E-state index contributed by atoms with van der Waals surface area (Å²) in [6.07, 6.45) is 1.57. The van der Waals surface area contributed by atoms with Crippen LogP contribution >= 0.6 is 11.6 Å². The maximum Gasteiger partial charge on any atom is 0.309 e. The number of anilines is 1. The van der Waals surface area contributed by atoms with Crippen LogP contribution in [0.2, 0.25) is 5.02 Å². The van der Waals surface area contributed by atoms with E-state index in [9.17, 15) is 14.4 Å². The summed E-state index contributed by atoms with van der Waals surface area (Å²) in [5.41, 5.74) is 0.556. The quantitative estimate of drug-likeness (QED) is 0.634. The molecule has 0 aromatic heterocycles. The van der Waals surface area contributed by atoms with Crippen LogP contribution in [0.1, 0.15) is 19.3 Å². The van der Waals surface area contributed by atoms with Crippen molar-refractivity contribution in [3.8, 4) is 0 Å². The molecule has 1 N–H and O–H groups in total. The number of esters is 1. The lowest BCUT2D eigenvalue weighted by Gasteiger charge is -2.30. The normalized spacial score (nSPS) is 27.4. The Morgan fingerprint density at radius 2 is 1.83 bits per heavy atom. The molecule has 0 radical (unpaired) electrons. The van der Waals surface area contributed by atoms with Gasteiger partial charge in [-0.3, -0.25) is 14.4 Å². The van der Waals surface area contributed by atoms with E-state index in [2.05, 4.69) is 0 Å². The van der Waals surface area contributed by atoms with Crippen molar-refractivity contribution in [1.29, 1.82) is 0 Å². The van der Waals surface area contributed by atoms with Gasteiger partial charge in [0.2, 0.25) is 5.91 Å². The number of halogens is 1. The van der Waals surface area contributed by atoms with E-state index in [1.807, 2.05) is 0 Å². The van der Waals surface area contributed by atoms with Gasteiger partial charge in [0.05, 0.1) is 38.2 Å². The number of rotatable bonds is 3. The van der Waals surface area contributed by atoms with Crippen molar-refractivity contribution in [2.24, 2.45) is 5.92 Å². The van der Waals surface area contributed by atoms with Gasteiger partial charge in [-0.15, -0.1) is 0 Å². The number of methoxy groups -OCH3 is 1. The van der Waals surface area contributed by atoms with E-state index in [0.29, 0.717) is 36.6 Å². The highest BCUT2D eigenvalue weighted by molar-refractivity contribution is 6.30. The first-order valence-corrected chi connectivity index (χ1v) is 8.44. The number of hydrogen-bond acceptors (Lipinski definition) is 4. The van der Waals surface area contributed by atoms with Crippen molar-refractivity contribution in [2.75, 3.05) is 25.1 Å². The summed E-state index contributed by atoms with van der Waals surface area (Å²) in [5.74, 6) is -0.646. The van der Waals surface area contributed by atoms with Gasteiger partial charge in [-0.25, -0.2) is 4.90 Å². The van der Waals surface area contributed by atoms with Gasteiger partial charge in [-0.05, 0) is 24.3 Å². The molecule has 1 atom stereocenters. The summed E-state index contributed by atoms with van der Waals surface area (Å²) in [6.45, 7) is 1.38. The van der Waals surface area contributed by atoms with Gasteiger partial charge < -0.3 is 9.64 Å². The molecule has 2 aliphatic heterocycles. The number of carbonyl (C=O) groups excluding carboxylic acids is 3. The first-order valence-electron chi connectivity index (χ1n) is 8.06. The monoisotopic (exact) mass is 351 g/mol. The fourth-order valence-corrected chi connectivity index (χ4v) is 3.68. The minimum Gasteiger partial charge on any atom is -0.469 e. The van der Waals surface area contributed by atoms with E-state index < -0.39 is 0 Å². The second-order valence-corrected chi connectivity index (χ2v) is 6.69. The fraction of sp³-hybridized carbons (Fsp3) is 0.471. The topological polar surface area (TPSA) is 68.1 Å². The average molecular weight is 352 g/mol. The number of quaternary nitrogens is 1. The van der Waals surface area contributed by atoms with E-state index in [0.717, 1.165) is 4.90 Å². The molecule has 0 spiro atoms. The summed E-state index contributed by atoms with van der Waals surface area (Å²) >= 11 is 5.86. The molecular formula is C17H20ClN2O4+. The summed E-state index contributed by atoms with van der Waals surface area (Å²) in [7, 11) is 1.39. The molecular weight excluding hydrogens is 332 g/mol. The average Bonchev–Trinajstić information content (AvgIpc) is 2.90. The van der Waals surface area contributed by atoms with E-state index in [4.69, 9.17) is 16.3 Å². The van der Waals surface area contributed by atoms with Crippen LogP contribution in [0.5, 0.6) is 0 Å². The third-order valence-corrected chi connectivity index (χ3v) is 5.14. The van der Waals surface area contributed by atoms with Crippen molar-refractivity contribution in [2.45, 2.75) is 25.3 Å². The third kappa shape index (κ3) is 3.16. The Morgan fingerprint density at radius 1 is 1.21 bits per heavy atom. The van der Waals surface area contributed by atoms with Gasteiger partial charge in [-0.2, -0.15) is 0 Å². The highest BCUT2D eigenvalue weighted by Crippen LogP contribution is 2.24. The number of imide groups is 1. The Kier molecular flexibility index (Phi) is 4.87. The number of likely N-dealkylation sites (tertiary alicyclic amines) is 1. The summed E-state index contributed by atoms with van der Waals surface area (Å²) < 4.78 is 4.78. The number of hydrogen-bond donors (Lipinski definition) is 1. The van der Waals surface area contributed by atoms with Crippen molar-refractivity contribution in [3.63, 3.8) is 0 Å². The zero-order valence-electron chi connectivity index (χ0n) is 13.5. The van der Waals surface area contributed by atoms with Gasteiger partial charge in [0.15, 0.2) is 6.04 Å². The molecule has 128 valence electrons. The molecule has 2 saturated heterocycles. The van der Waals surface area contributed by atoms with Crippen LogP contribution in [0.15, 0.2) is 24.3 Å². The van der Waals surface area contributed by atoms with Gasteiger partial charge >= 0.3 is 5.97 Å². The maximum absolute atomic E-state index is 12.7. The zero-order valence-corrected chi connectivity index (χ0v) is 14.2. The number of carbonyl (C=O) groups is 3. The Morgan fingerprint density at radius 3 is 2.42 bits per heavy atom. The maximum atomic E-state index is 12.7. The lowest BCUT2D eigenvalue weighted by atomic mass is 9.95. The van der Waals surface area contributed by atoms with Crippen LogP contribution in [-0.2, 0) is 19.1 Å². The van der Waals surface area contributed by atoms with Crippen LogP contribution in [0.3, 0.4) is 0 Å². The lowest BCUT2D eigenvalue weighted by molar-refractivity contribution is -0.920.